The Kier molecular flexibility index (Phi) is 3.79. The SMILES string of the molecule is CCO[C@@H]1C[C@H](NC(=O)c2ccc3nnc(C)n3c2)C12CCCC2. The van der Waals surface area contributed by atoms with Gasteiger partial charge in [0.2, 0.25) is 0 Å². The molecule has 128 valence electrons. The molecule has 2 fully saturated rings. The van der Waals surface area contributed by atoms with E-state index in [1.807, 2.05) is 36.6 Å². The fourth-order valence-electron chi connectivity index (χ4n) is 4.47. The highest BCUT2D eigenvalue weighted by atomic mass is 16.5. The Hall–Kier alpha value is -1.95. The lowest BCUT2D eigenvalue weighted by Crippen LogP contribution is -2.63. The van der Waals surface area contributed by atoms with Crippen molar-refractivity contribution in [2.75, 3.05) is 6.61 Å². The molecule has 2 aromatic heterocycles. The number of aromatic nitrogens is 3. The van der Waals surface area contributed by atoms with Crippen LogP contribution in [0.1, 0.15) is 55.2 Å². The molecule has 0 bridgehead atoms. The van der Waals surface area contributed by atoms with Crippen molar-refractivity contribution in [1.82, 2.24) is 19.9 Å². The summed E-state index contributed by atoms with van der Waals surface area (Å²) in [6.07, 6.45) is 7.84. The zero-order chi connectivity index (χ0) is 16.7. The van der Waals surface area contributed by atoms with Crippen LogP contribution in [0.25, 0.3) is 5.65 Å². The highest BCUT2D eigenvalue weighted by Crippen LogP contribution is 2.54. The second kappa shape index (κ2) is 5.84. The summed E-state index contributed by atoms with van der Waals surface area (Å²) >= 11 is 0. The van der Waals surface area contributed by atoms with Gasteiger partial charge >= 0.3 is 0 Å². The maximum Gasteiger partial charge on any atom is 0.253 e. The Balaban J connectivity index is 1.52. The van der Waals surface area contributed by atoms with Gasteiger partial charge in [-0.25, -0.2) is 0 Å². The quantitative estimate of drug-likeness (QED) is 0.936. The highest BCUT2D eigenvalue weighted by Gasteiger charge is 2.57. The molecule has 0 aliphatic heterocycles. The monoisotopic (exact) mass is 328 g/mol. The number of carbonyl (C=O) groups excluding carboxylic acids is 1. The standard InChI is InChI=1S/C18H24N4O2/c1-3-24-15-10-14(18(15)8-4-5-9-18)19-17(23)13-6-7-16-21-20-12(2)22(16)11-13/h6-7,11,14-15H,3-5,8-10H2,1-2H3,(H,19,23)/t14-,15+/m0/s1. The molecule has 0 radical (unpaired) electrons. The maximum atomic E-state index is 12.7. The lowest BCUT2D eigenvalue weighted by molar-refractivity contribution is -0.127. The summed E-state index contributed by atoms with van der Waals surface area (Å²) in [5.74, 6) is 0.767. The highest BCUT2D eigenvalue weighted by molar-refractivity contribution is 5.94. The van der Waals surface area contributed by atoms with Crippen LogP contribution in [0, 0.1) is 12.3 Å². The van der Waals surface area contributed by atoms with E-state index >= 15 is 0 Å². The van der Waals surface area contributed by atoms with Crippen molar-refractivity contribution in [2.45, 2.75) is 58.1 Å². The van der Waals surface area contributed by atoms with Crippen LogP contribution in [-0.2, 0) is 4.74 Å². The van der Waals surface area contributed by atoms with Gasteiger partial charge in [0.05, 0.1) is 11.7 Å². The Labute approximate surface area is 141 Å². The lowest BCUT2D eigenvalue weighted by Gasteiger charge is -2.54. The number of nitrogens with zero attached hydrogens (tertiary/aromatic N) is 3. The molecule has 6 heteroatoms. The van der Waals surface area contributed by atoms with Crippen LogP contribution in [0.15, 0.2) is 18.3 Å². The van der Waals surface area contributed by atoms with Gasteiger partial charge in [0.15, 0.2) is 5.65 Å². The average Bonchev–Trinajstić information content (AvgIpc) is 3.23. The fraction of sp³-hybridized carbons (Fsp3) is 0.611. The minimum Gasteiger partial charge on any atom is -0.378 e. The molecule has 2 aliphatic rings. The van der Waals surface area contributed by atoms with E-state index < -0.39 is 0 Å². The fourth-order valence-corrected chi connectivity index (χ4v) is 4.47. The molecule has 2 atom stereocenters. The summed E-state index contributed by atoms with van der Waals surface area (Å²) in [5.41, 5.74) is 1.57. The topological polar surface area (TPSA) is 68.5 Å². The van der Waals surface area contributed by atoms with Gasteiger partial charge in [0, 0.05) is 24.3 Å². The largest absolute Gasteiger partial charge is 0.378 e. The van der Waals surface area contributed by atoms with E-state index in [2.05, 4.69) is 15.5 Å². The normalized spacial score (nSPS) is 25.1. The Morgan fingerprint density at radius 3 is 2.92 bits per heavy atom. The van der Waals surface area contributed by atoms with Crippen molar-refractivity contribution < 1.29 is 9.53 Å². The number of aryl methyl sites for hydroxylation is 1. The van der Waals surface area contributed by atoms with E-state index in [-0.39, 0.29) is 17.4 Å². The van der Waals surface area contributed by atoms with E-state index in [1.54, 1.807) is 0 Å². The number of rotatable bonds is 4. The summed E-state index contributed by atoms with van der Waals surface area (Å²) < 4.78 is 7.78. The first-order valence-electron chi connectivity index (χ1n) is 8.88. The molecule has 2 aromatic rings. The van der Waals surface area contributed by atoms with Crippen LogP contribution in [0.5, 0.6) is 0 Å². The molecule has 6 nitrogen and oxygen atoms in total. The smallest absolute Gasteiger partial charge is 0.253 e. The van der Waals surface area contributed by atoms with Gasteiger partial charge in [-0.1, -0.05) is 12.8 Å². The predicted octanol–water partition coefficient (Wildman–Crippen LogP) is 2.51. The number of amides is 1. The van der Waals surface area contributed by atoms with Gasteiger partial charge in [-0.15, -0.1) is 10.2 Å². The second-order valence-corrected chi connectivity index (χ2v) is 7.04. The first kappa shape index (κ1) is 15.6. The van der Waals surface area contributed by atoms with Gasteiger partial charge in [-0.3, -0.25) is 9.20 Å². The van der Waals surface area contributed by atoms with Crippen molar-refractivity contribution in [3.63, 3.8) is 0 Å². The van der Waals surface area contributed by atoms with Crippen LogP contribution in [0.2, 0.25) is 0 Å². The zero-order valence-corrected chi connectivity index (χ0v) is 14.3. The van der Waals surface area contributed by atoms with Crippen molar-refractivity contribution in [3.8, 4) is 0 Å². The lowest BCUT2D eigenvalue weighted by atomic mass is 9.60. The number of carbonyl (C=O) groups is 1. The first-order chi connectivity index (χ1) is 11.6. The molecule has 1 spiro atoms. The Morgan fingerprint density at radius 1 is 1.38 bits per heavy atom. The maximum absolute atomic E-state index is 12.7. The average molecular weight is 328 g/mol. The Morgan fingerprint density at radius 2 is 2.17 bits per heavy atom. The number of ether oxygens (including phenoxy) is 1. The minimum atomic E-state index is -0.0174. The molecule has 4 rings (SSSR count). The molecule has 2 aliphatic carbocycles. The summed E-state index contributed by atoms with van der Waals surface area (Å²) in [7, 11) is 0. The van der Waals surface area contributed by atoms with Crippen LogP contribution < -0.4 is 5.32 Å². The number of fused-ring (bicyclic) bond motifs is 1. The Bertz CT molecular complexity index is 763. The van der Waals surface area contributed by atoms with Crippen molar-refractivity contribution >= 4 is 11.6 Å². The van der Waals surface area contributed by atoms with E-state index in [1.165, 1.54) is 12.8 Å². The minimum absolute atomic E-state index is 0.0174. The van der Waals surface area contributed by atoms with Crippen molar-refractivity contribution in [2.24, 2.45) is 5.41 Å². The third-order valence-electron chi connectivity index (χ3n) is 5.83. The molecular formula is C18H24N4O2. The van der Waals surface area contributed by atoms with Crippen LogP contribution in [-0.4, -0.2) is 39.3 Å². The van der Waals surface area contributed by atoms with Crippen LogP contribution in [0.3, 0.4) is 0 Å². The molecule has 2 saturated carbocycles. The van der Waals surface area contributed by atoms with E-state index in [0.717, 1.165) is 37.3 Å². The number of pyridine rings is 1. The predicted molar refractivity (Wildman–Crippen MR) is 89.9 cm³/mol. The van der Waals surface area contributed by atoms with Gasteiger partial charge in [-0.05, 0) is 45.2 Å². The van der Waals surface area contributed by atoms with E-state index in [9.17, 15) is 4.79 Å². The van der Waals surface area contributed by atoms with Crippen LogP contribution in [0.4, 0.5) is 0 Å². The number of nitrogens with one attached hydrogen (secondary N) is 1. The molecule has 1 N–H and O–H groups in total. The molecule has 0 saturated heterocycles. The third-order valence-corrected chi connectivity index (χ3v) is 5.83. The molecule has 1 amide bonds. The molecule has 0 unspecified atom stereocenters. The summed E-state index contributed by atoms with van der Waals surface area (Å²) in [6, 6.07) is 3.88. The summed E-state index contributed by atoms with van der Waals surface area (Å²) in [4.78, 5) is 12.7. The van der Waals surface area contributed by atoms with E-state index in [4.69, 9.17) is 4.74 Å². The zero-order valence-electron chi connectivity index (χ0n) is 14.3. The molecule has 0 aromatic carbocycles. The van der Waals surface area contributed by atoms with Gasteiger partial charge in [0.1, 0.15) is 5.82 Å². The molecule has 2 heterocycles. The van der Waals surface area contributed by atoms with Gasteiger partial charge in [-0.2, -0.15) is 0 Å². The first-order valence-corrected chi connectivity index (χ1v) is 8.88. The number of hydrogen-bond donors (Lipinski definition) is 1. The van der Waals surface area contributed by atoms with Crippen molar-refractivity contribution in [3.05, 3.63) is 29.7 Å². The van der Waals surface area contributed by atoms with Crippen molar-refractivity contribution in [1.29, 1.82) is 0 Å². The summed E-state index contributed by atoms with van der Waals surface area (Å²) in [5, 5.41) is 11.4. The van der Waals surface area contributed by atoms with E-state index in [0.29, 0.717) is 11.7 Å². The number of hydrogen-bond acceptors (Lipinski definition) is 4. The third kappa shape index (κ3) is 2.32. The van der Waals surface area contributed by atoms with Crippen LogP contribution >= 0.6 is 0 Å². The molecular weight excluding hydrogens is 304 g/mol. The second-order valence-electron chi connectivity index (χ2n) is 7.04. The summed E-state index contributed by atoms with van der Waals surface area (Å²) in [6.45, 7) is 4.68. The molecule has 24 heavy (non-hydrogen) atoms. The van der Waals surface area contributed by atoms with Gasteiger partial charge < -0.3 is 10.1 Å². The van der Waals surface area contributed by atoms with Gasteiger partial charge in [0.25, 0.3) is 5.91 Å².